The third kappa shape index (κ3) is 5.00. The second kappa shape index (κ2) is 8.12. The molecule has 0 atom stereocenters. The number of hydrogen-bond donors (Lipinski definition) is 2. The molecule has 2 N–H and O–H groups in total. The van der Waals surface area contributed by atoms with Gasteiger partial charge in [-0.15, -0.1) is 0 Å². The summed E-state index contributed by atoms with van der Waals surface area (Å²) in [6.07, 6.45) is 2.06. The predicted octanol–water partition coefficient (Wildman–Crippen LogP) is 3.63. The van der Waals surface area contributed by atoms with Crippen LogP contribution in [0.2, 0.25) is 0 Å². The first-order valence-corrected chi connectivity index (χ1v) is 9.03. The number of hydrogen-bond acceptors (Lipinski definition) is 4. The molecule has 2 aromatic rings. The maximum absolute atomic E-state index is 12.6. The molecule has 142 valence electrons. The Bertz CT molecular complexity index is 844. The lowest BCUT2D eigenvalue weighted by molar-refractivity contribution is 0.0949. The molecule has 2 amide bonds. The molecule has 6 nitrogen and oxygen atoms in total. The lowest BCUT2D eigenvalue weighted by Gasteiger charge is -2.14. The van der Waals surface area contributed by atoms with Crippen LogP contribution in [0.3, 0.4) is 0 Å². The monoisotopic (exact) mass is 368 g/mol. The summed E-state index contributed by atoms with van der Waals surface area (Å²) in [5.41, 5.74) is 1.53. The Morgan fingerprint density at radius 2 is 1.74 bits per heavy atom. The standard InChI is InChI=1S/C21H24N2O4/c1-13(2)27-18-10-7-15(12-19(18)26-3)21(25)23-17-6-4-5-14(11-17)20(24)22-16-8-9-16/h4-7,10-13,16H,8-9H2,1-3H3,(H,22,24)(H,23,25). The van der Waals surface area contributed by atoms with Gasteiger partial charge in [0.05, 0.1) is 13.2 Å². The lowest BCUT2D eigenvalue weighted by atomic mass is 10.1. The van der Waals surface area contributed by atoms with E-state index < -0.39 is 0 Å². The van der Waals surface area contributed by atoms with Crippen molar-refractivity contribution in [1.82, 2.24) is 5.32 Å². The maximum atomic E-state index is 12.6. The minimum Gasteiger partial charge on any atom is -0.493 e. The van der Waals surface area contributed by atoms with Gasteiger partial charge in [0, 0.05) is 22.9 Å². The SMILES string of the molecule is COc1cc(C(=O)Nc2cccc(C(=O)NC3CC3)c2)ccc1OC(C)C. The molecular formula is C21H24N2O4. The first kappa shape index (κ1) is 18.8. The number of nitrogens with one attached hydrogen (secondary N) is 2. The zero-order chi connectivity index (χ0) is 19.4. The summed E-state index contributed by atoms with van der Waals surface area (Å²) in [5, 5.41) is 5.76. The van der Waals surface area contributed by atoms with Crippen LogP contribution in [0.25, 0.3) is 0 Å². The van der Waals surface area contributed by atoms with Gasteiger partial charge in [0.1, 0.15) is 0 Å². The van der Waals surface area contributed by atoms with Crippen molar-refractivity contribution in [2.75, 3.05) is 12.4 Å². The molecule has 6 heteroatoms. The molecule has 0 spiro atoms. The van der Waals surface area contributed by atoms with E-state index in [2.05, 4.69) is 10.6 Å². The van der Waals surface area contributed by atoms with Crippen LogP contribution < -0.4 is 20.1 Å². The van der Waals surface area contributed by atoms with Crippen molar-refractivity contribution in [3.05, 3.63) is 53.6 Å². The van der Waals surface area contributed by atoms with E-state index in [0.717, 1.165) is 12.8 Å². The van der Waals surface area contributed by atoms with Gasteiger partial charge in [-0.05, 0) is 63.1 Å². The molecule has 1 aliphatic rings. The summed E-state index contributed by atoms with van der Waals surface area (Å²) < 4.78 is 11.0. The van der Waals surface area contributed by atoms with Crippen LogP contribution in [0.1, 0.15) is 47.4 Å². The van der Waals surface area contributed by atoms with E-state index in [0.29, 0.717) is 28.3 Å². The van der Waals surface area contributed by atoms with Crippen LogP contribution in [-0.4, -0.2) is 31.1 Å². The molecule has 0 saturated heterocycles. The molecule has 0 aromatic heterocycles. The number of carbonyl (C=O) groups is 2. The summed E-state index contributed by atoms with van der Waals surface area (Å²) in [5.74, 6) is 0.673. The largest absolute Gasteiger partial charge is 0.493 e. The van der Waals surface area contributed by atoms with Crippen LogP contribution in [0.5, 0.6) is 11.5 Å². The number of ether oxygens (including phenoxy) is 2. The Morgan fingerprint density at radius 1 is 1.00 bits per heavy atom. The predicted molar refractivity (Wildman–Crippen MR) is 104 cm³/mol. The Morgan fingerprint density at radius 3 is 2.41 bits per heavy atom. The Labute approximate surface area is 158 Å². The first-order chi connectivity index (χ1) is 13.0. The Balaban J connectivity index is 1.72. The van der Waals surface area contributed by atoms with Gasteiger partial charge in [-0.1, -0.05) is 6.07 Å². The summed E-state index contributed by atoms with van der Waals surface area (Å²) in [6, 6.07) is 12.2. The zero-order valence-corrected chi connectivity index (χ0v) is 15.7. The minimum atomic E-state index is -0.288. The van der Waals surface area contributed by atoms with E-state index in [4.69, 9.17) is 9.47 Å². The van der Waals surface area contributed by atoms with Gasteiger partial charge in [-0.3, -0.25) is 9.59 Å². The van der Waals surface area contributed by atoms with E-state index in [9.17, 15) is 9.59 Å². The molecule has 0 bridgehead atoms. The molecule has 27 heavy (non-hydrogen) atoms. The fourth-order valence-corrected chi connectivity index (χ4v) is 2.60. The molecular weight excluding hydrogens is 344 g/mol. The number of amides is 2. The third-order valence-corrected chi connectivity index (χ3v) is 4.08. The first-order valence-electron chi connectivity index (χ1n) is 9.03. The quantitative estimate of drug-likeness (QED) is 0.782. The number of carbonyl (C=O) groups excluding carboxylic acids is 2. The van der Waals surface area contributed by atoms with Gasteiger partial charge in [0.2, 0.25) is 0 Å². The summed E-state index contributed by atoms with van der Waals surface area (Å²) in [7, 11) is 1.53. The van der Waals surface area contributed by atoms with Gasteiger partial charge in [0.25, 0.3) is 11.8 Å². The normalized spacial score (nSPS) is 13.2. The molecule has 1 fully saturated rings. The molecule has 0 heterocycles. The van der Waals surface area contributed by atoms with Crippen molar-refractivity contribution in [2.24, 2.45) is 0 Å². The second-order valence-electron chi connectivity index (χ2n) is 6.81. The molecule has 0 unspecified atom stereocenters. The van der Waals surface area contributed by atoms with E-state index in [1.165, 1.54) is 7.11 Å². The highest BCUT2D eigenvalue weighted by Crippen LogP contribution is 2.29. The van der Waals surface area contributed by atoms with Crippen molar-refractivity contribution in [3.8, 4) is 11.5 Å². The van der Waals surface area contributed by atoms with Gasteiger partial charge < -0.3 is 20.1 Å². The van der Waals surface area contributed by atoms with E-state index in [1.807, 2.05) is 13.8 Å². The molecule has 0 radical (unpaired) electrons. The molecule has 3 rings (SSSR count). The number of methoxy groups -OCH3 is 1. The van der Waals surface area contributed by atoms with Gasteiger partial charge in [-0.2, -0.15) is 0 Å². The highest BCUT2D eigenvalue weighted by molar-refractivity contribution is 6.05. The topological polar surface area (TPSA) is 76.7 Å². The molecule has 0 aliphatic heterocycles. The van der Waals surface area contributed by atoms with Gasteiger partial charge in [-0.25, -0.2) is 0 Å². The highest BCUT2D eigenvalue weighted by Gasteiger charge is 2.23. The van der Waals surface area contributed by atoms with Gasteiger partial charge in [0.15, 0.2) is 11.5 Å². The number of rotatable bonds is 7. The average molecular weight is 368 g/mol. The average Bonchev–Trinajstić information content (AvgIpc) is 3.45. The van der Waals surface area contributed by atoms with E-state index >= 15 is 0 Å². The fourth-order valence-electron chi connectivity index (χ4n) is 2.60. The number of benzene rings is 2. The second-order valence-corrected chi connectivity index (χ2v) is 6.81. The van der Waals surface area contributed by atoms with Crippen molar-refractivity contribution in [3.63, 3.8) is 0 Å². The highest BCUT2D eigenvalue weighted by atomic mass is 16.5. The van der Waals surface area contributed by atoms with Crippen LogP contribution in [0.4, 0.5) is 5.69 Å². The minimum absolute atomic E-state index is 0.00287. The fraction of sp³-hybridized carbons (Fsp3) is 0.333. The lowest BCUT2D eigenvalue weighted by Crippen LogP contribution is -2.25. The third-order valence-electron chi connectivity index (χ3n) is 4.08. The van der Waals surface area contributed by atoms with Crippen LogP contribution >= 0.6 is 0 Å². The van der Waals surface area contributed by atoms with Crippen LogP contribution in [-0.2, 0) is 0 Å². The van der Waals surface area contributed by atoms with E-state index in [1.54, 1.807) is 42.5 Å². The van der Waals surface area contributed by atoms with Crippen molar-refractivity contribution < 1.29 is 19.1 Å². The molecule has 1 aliphatic carbocycles. The van der Waals surface area contributed by atoms with Crippen LogP contribution in [0, 0.1) is 0 Å². The maximum Gasteiger partial charge on any atom is 0.255 e. The van der Waals surface area contributed by atoms with Gasteiger partial charge >= 0.3 is 0 Å². The summed E-state index contributed by atoms with van der Waals surface area (Å²) in [4.78, 5) is 24.7. The van der Waals surface area contributed by atoms with E-state index in [-0.39, 0.29) is 24.0 Å². The van der Waals surface area contributed by atoms with Crippen molar-refractivity contribution in [2.45, 2.75) is 38.8 Å². The number of anilines is 1. The van der Waals surface area contributed by atoms with Crippen molar-refractivity contribution >= 4 is 17.5 Å². The summed E-state index contributed by atoms with van der Waals surface area (Å²) >= 11 is 0. The summed E-state index contributed by atoms with van der Waals surface area (Å²) in [6.45, 7) is 3.85. The molecule has 2 aromatic carbocycles. The Kier molecular flexibility index (Phi) is 5.64. The van der Waals surface area contributed by atoms with Crippen molar-refractivity contribution in [1.29, 1.82) is 0 Å². The smallest absolute Gasteiger partial charge is 0.255 e. The Hall–Kier alpha value is -3.02. The van der Waals surface area contributed by atoms with Crippen LogP contribution in [0.15, 0.2) is 42.5 Å². The molecule has 1 saturated carbocycles. The zero-order valence-electron chi connectivity index (χ0n) is 15.7.